The first kappa shape index (κ1) is 14.2. The SMILES string of the molecule is CCOCCN(C)C(c1ccco1)C(N)CC. The standard InChI is InChI=1S/C13H24N2O2/c1-4-11(14)13(12-7-6-9-17-12)15(3)8-10-16-5-2/h6-7,9,11,13H,4-5,8,10,14H2,1-3H3. The molecule has 0 radical (unpaired) electrons. The monoisotopic (exact) mass is 240 g/mol. The van der Waals surface area contributed by atoms with Gasteiger partial charge in [-0.3, -0.25) is 4.90 Å². The molecule has 1 heterocycles. The molecule has 4 nitrogen and oxygen atoms in total. The van der Waals surface area contributed by atoms with Gasteiger partial charge in [-0.05, 0) is 32.5 Å². The number of hydrogen-bond donors (Lipinski definition) is 1. The van der Waals surface area contributed by atoms with Crippen LogP contribution in [0.5, 0.6) is 0 Å². The molecule has 98 valence electrons. The van der Waals surface area contributed by atoms with Gasteiger partial charge in [0.15, 0.2) is 0 Å². The van der Waals surface area contributed by atoms with Gasteiger partial charge in [0.2, 0.25) is 0 Å². The zero-order valence-corrected chi connectivity index (χ0v) is 11.1. The average Bonchev–Trinajstić information content (AvgIpc) is 2.83. The summed E-state index contributed by atoms with van der Waals surface area (Å²) in [4.78, 5) is 2.20. The number of nitrogens with two attached hydrogens (primary N) is 1. The lowest BCUT2D eigenvalue weighted by atomic mass is 10.0. The predicted octanol–water partition coefficient (Wildman–Crippen LogP) is 2.03. The van der Waals surface area contributed by atoms with Gasteiger partial charge in [0.05, 0.1) is 18.9 Å². The van der Waals surface area contributed by atoms with Crippen molar-refractivity contribution in [2.75, 3.05) is 26.8 Å². The van der Waals surface area contributed by atoms with Crippen LogP contribution in [0.1, 0.15) is 32.1 Å². The van der Waals surface area contributed by atoms with Gasteiger partial charge >= 0.3 is 0 Å². The van der Waals surface area contributed by atoms with Gasteiger partial charge < -0.3 is 14.9 Å². The van der Waals surface area contributed by atoms with Crippen molar-refractivity contribution in [3.63, 3.8) is 0 Å². The van der Waals surface area contributed by atoms with Gasteiger partial charge in [0.25, 0.3) is 0 Å². The lowest BCUT2D eigenvalue weighted by molar-refractivity contribution is 0.0943. The number of furan rings is 1. The minimum absolute atomic E-state index is 0.0766. The lowest BCUT2D eigenvalue weighted by Gasteiger charge is -2.30. The topological polar surface area (TPSA) is 51.6 Å². The van der Waals surface area contributed by atoms with E-state index in [0.29, 0.717) is 0 Å². The van der Waals surface area contributed by atoms with E-state index in [2.05, 4.69) is 18.9 Å². The summed E-state index contributed by atoms with van der Waals surface area (Å²) >= 11 is 0. The Hall–Kier alpha value is -0.840. The van der Waals surface area contributed by atoms with Crippen LogP contribution in [-0.2, 0) is 4.74 Å². The van der Waals surface area contributed by atoms with Gasteiger partial charge in [-0.15, -0.1) is 0 Å². The molecule has 0 aromatic carbocycles. The summed E-state index contributed by atoms with van der Waals surface area (Å²) in [5, 5.41) is 0. The summed E-state index contributed by atoms with van der Waals surface area (Å²) in [6.45, 7) is 6.42. The van der Waals surface area contributed by atoms with Gasteiger partial charge in [-0.1, -0.05) is 6.92 Å². The molecule has 2 unspecified atom stereocenters. The third-order valence-corrected chi connectivity index (χ3v) is 2.98. The Morgan fingerprint density at radius 3 is 2.76 bits per heavy atom. The molecule has 0 spiro atoms. The highest BCUT2D eigenvalue weighted by Gasteiger charge is 2.25. The molecule has 0 amide bonds. The quantitative estimate of drug-likeness (QED) is 0.706. The van der Waals surface area contributed by atoms with Crippen LogP contribution in [0.2, 0.25) is 0 Å². The van der Waals surface area contributed by atoms with Gasteiger partial charge in [-0.2, -0.15) is 0 Å². The molecule has 1 rings (SSSR count). The van der Waals surface area contributed by atoms with E-state index in [1.165, 1.54) is 0 Å². The Balaban J connectivity index is 2.63. The van der Waals surface area contributed by atoms with Crippen LogP contribution >= 0.6 is 0 Å². The minimum Gasteiger partial charge on any atom is -0.468 e. The van der Waals surface area contributed by atoms with Crippen molar-refractivity contribution in [3.05, 3.63) is 24.2 Å². The van der Waals surface area contributed by atoms with Crippen LogP contribution in [0.3, 0.4) is 0 Å². The molecule has 0 bridgehead atoms. The summed E-state index contributed by atoms with van der Waals surface area (Å²) in [6.07, 6.45) is 2.62. The maximum absolute atomic E-state index is 6.17. The van der Waals surface area contributed by atoms with Gasteiger partial charge in [0.1, 0.15) is 5.76 Å². The molecule has 0 saturated carbocycles. The van der Waals surface area contributed by atoms with Crippen molar-refractivity contribution in [2.45, 2.75) is 32.4 Å². The molecule has 2 atom stereocenters. The number of nitrogens with zero attached hydrogens (tertiary/aromatic N) is 1. The zero-order valence-electron chi connectivity index (χ0n) is 11.1. The second kappa shape index (κ2) is 7.48. The van der Waals surface area contributed by atoms with Crippen molar-refractivity contribution < 1.29 is 9.15 Å². The highest BCUT2D eigenvalue weighted by Crippen LogP contribution is 2.23. The number of rotatable bonds is 8. The maximum Gasteiger partial charge on any atom is 0.122 e. The van der Waals surface area contributed by atoms with Gasteiger partial charge in [0, 0.05) is 19.2 Å². The second-order valence-corrected chi connectivity index (χ2v) is 4.21. The molecule has 0 aliphatic heterocycles. The molecule has 0 aliphatic carbocycles. The summed E-state index contributed by atoms with van der Waals surface area (Å²) in [5.41, 5.74) is 6.17. The Bertz CT molecular complexity index is 288. The van der Waals surface area contributed by atoms with E-state index in [0.717, 1.165) is 31.9 Å². The lowest BCUT2D eigenvalue weighted by Crippen LogP contribution is -2.40. The summed E-state index contributed by atoms with van der Waals surface area (Å²) in [7, 11) is 2.06. The fourth-order valence-electron chi connectivity index (χ4n) is 1.93. The Morgan fingerprint density at radius 1 is 1.47 bits per heavy atom. The fraction of sp³-hybridized carbons (Fsp3) is 0.692. The molecule has 1 aromatic heterocycles. The van der Waals surface area contributed by atoms with Gasteiger partial charge in [-0.25, -0.2) is 0 Å². The van der Waals surface area contributed by atoms with Crippen LogP contribution in [0.15, 0.2) is 22.8 Å². The van der Waals surface area contributed by atoms with Crippen molar-refractivity contribution >= 4 is 0 Å². The number of ether oxygens (including phenoxy) is 1. The van der Waals surface area contributed by atoms with E-state index in [1.807, 2.05) is 19.1 Å². The maximum atomic E-state index is 6.17. The molecule has 4 heteroatoms. The van der Waals surface area contributed by atoms with E-state index < -0.39 is 0 Å². The van der Waals surface area contributed by atoms with E-state index in [1.54, 1.807) is 6.26 Å². The molecular formula is C13H24N2O2. The molecule has 0 fully saturated rings. The van der Waals surface area contributed by atoms with E-state index in [-0.39, 0.29) is 12.1 Å². The smallest absolute Gasteiger partial charge is 0.122 e. The third-order valence-electron chi connectivity index (χ3n) is 2.98. The first-order chi connectivity index (χ1) is 8.20. The third kappa shape index (κ3) is 4.15. The second-order valence-electron chi connectivity index (χ2n) is 4.21. The number of hydrogen-bond acceptors (Lipinski definition) is 4. The molecule has 17 heavy (non-hydrogen) atoms. The van der Waals surface area contributed by atoms with Crippen molar-refractivity contribution in [2.24, 2.45) is 5.73 Å². The first-order valence-electron chi connectivity index (χ1n) is 6.27. The highest BCUT2D eigenvalue weighted by molar-refractivity contribution is 5.07. The fourth-order valence-corrected chi connectivity index (χ4v) is 1.93. The van der Waals surface area contributed by atoms with E-state index in [9.17, 15) is 0 Å². The van der Waals surface area contributed by atoms with Crippen LogP contribution < -0.4 is 5.73 Å². The Labute approximate surface area is 104 Å². The minimum atomic E-state index is 0.0766. The largest absolute Gasteiger partial charge is 0.468 e. The molecule has 2 N–H and O–H groups in total. The predicted molar refractivity (Wildman–Crippen MR) is 68.8 cm³/mol. The number of likely N-dealkylation sites (N-methyl/N-ethyl adjacent to an activating group) is 1. The highest BCUT2D eigenvalue weighted by atomic mass is 16.5. The van der Waals surface area contributed by atoms with Crippen LogP contribution in [0, 0.1) is 0 Å². The normalized spacial score (nSPS) is 15.1. The Morgan fingerprint density at radius 2 is 2.24 bits per heavy atom. The average molecular weight is 240 g/mol. The van der Waals surface area contributed by atoms with Crippen molar-refractivity contribution in [3.8, 4) is 0 Å². The summed E-state index contributed by atoms with van der Waals surface area (Å²) in [5.74, 6) is 0.929. The zero-order chi connectivity index (χ0) is 12.7. The van der Waals surface area contributed by atoms with Crippen LogP contribution in [0.4, 0.5) is 0 Å². The summed E-state index contributed by atoms with van der Waals surface area (Å²) in [6, 6.07) is 4.08. The van der Waals surface area contributed by atoms with Crippen molar-refractivity contribution in [1.82, 2.24) is 4.90 Å². The summed E-state index contributed by atoms with van der Waals surface area (Å²) < 4.78 is 10.9. The molecule has 0 aliphatic rings. The molecule has 1 aromatic rings. The van der Waals surface area contributed by atoms with Crippen molar-refractivity contribution in [1.29, 1.82) is 0 Å². The van der Waals surface area contributed by atoms with Crippen LogP contribution in [-0.4, -0.2) is 37.7 Å². The van der Waals surface area contributed by atoms with Crippen LogP contribution in [0.25, 0.3) is 0 Å². The van der Waals surface area contributed by atoms with E-state index >= 15 is 0 Å². The Kier molecular flexibility index (Phi) is 6.26. The first-order valence-corrected chi connectivity index (χ1v) is 6.27. The van der Waals surface area contributed by atoms with E-state index in [4.69, 9.17) is 14.9 Å². The molecular weight excluding hydrogens is 216 g/mol. The molecule has 0 saturated heterocycles.